The van der Waals surface area contributed by atoms with Crippen molar-refractivity contribution in [1.29, 1.82) is 0 Å². The van der Waals surface area contributed by atoms with E-state index in [1.807, 2.05) is 6.07 Å². The number of nitrogens with zero attached hydrogens (tertiary/aromatic N) is 1. The van der Waals surface area contributed by atoms with Gasteiger partial charge in [0.2, 0.25) is 11.8 Å². The summed E-state index contributed by atoms with van der Waals surface area (Å²) in [5.41, 5.74) is 2.75. The average Bonchev–Trinajstić information content (AvgIpc) is 3.16. The largest absolute Gasteiger partial charge is 0.496 e. The van der Waals surface area contributed by atoms with Crippen LogP contribution in [0, 0.1) is 5.41 Å². The number of imide groups is 1. The van der Waals surface area contributed by atoms with Gasteiger partial charge in [0.25, 0.3) is 0 Å². The fourth-order valence-electron chi connectivity index (χ4n) is 5.58. The molecule has 1 unspecified atom stereocenters. The summed E-state index contributed by atoms with van der Waals surface area (Å²) >= 11 is 0. The molecule has 5 heteroatoms. The molecule has 0 radical (unpaired) electrons. The van der Waals surface area contributed by atoms with Gasteiger partial charge in [0.05, 0.1) is 7.11 Å². The van der Waals surface area contributed by atoms with Crippen LogP contribution in [0.1, 0.15) is 68.9 Å². The molecule has 158 valence electrons. The lowest BCUT2D eigenvalue weighted by atomic mass is 9.76. The highest BCUT2D eigenvalue weighted by atomic mass is 16.5. The van der Waals surface area contributed by atoms with E-state index in [1.54, 1.807) is 7.11 Å². The Labute approximate surface area is 174 Å². The van der Waals surface area contributed by atoms with Gasteiger partial charge in [0, 0.05) is 25.4 Å². The Balaban J connectivity index is 1.19. The van der Waals surface area contributed by atoms with Gasteiger partial charge in [-0.25, -0.2) is 0 Å². The van der Waals surface area contributed by atoms with Crippen molar-refractivity contribution in [2.24, 2.45) is 5.41 Å². The number of likely N-dealkylation sites (tertiary alicyclic amines) is 1. The van der Waals surface area contributed by atoms with Crippen LogP contribution in [0.4, 0.5) is 0 Å². The summed E-state index contributed by atoms with van der Waals surface area (Å²) in [6.07, 6.45) is 10.7. The molecule has 5 nitrogen and oxygen atoms in total. The van der Waals surface area contributed by atoms with Gasteiger partial charge in [-0.15, -0.1) is 0 Å². The van der Waals surface area contributed by atoms with Crippen molar-refractivity contribution in [2.75, 3.05) is 20.2 Å². The number of carbonyl (C=O) groups is 2. The Morgan fingerprint density at radius 1 is 1.14 bits per heavy atom. The highest BCUT2D eigenvalue weighted by Crippen LogP contribution is 2.46. The van der Waals surface area contributed by atoms with E-state index in [2.05, 4.69) is 17.4 Å². The van der Waals surface area contributed by atoms with E-state index < -0.39 is 0 Å². The number of piperidine rings is 1. The summed E-state index contributed by atoms with van der Waals surface area (Å²) in [5, 5.41) is 3.67. The molecule has 3 aliphatic rings. The van der Waals surface area contributed by atoms with Crippen molar-refractivity contribution >= 4 is 11.8 Å². The first-order chi connectivity index (χ1) is 14.1. The van der Waals surface area contributed by atoms with Crippen LogP contribution in [0.2, 0.25) is 0 Å². The van der Waals surface area contributed by atoms with Crippen molar-refractivity contribution < 1.29 is 14.3 Å². The number of fused-ring (bicyclic) bond motifs is 1. The summed E-state index contributed by atoms with van der Waals surface area (Å²) in [6.45, 7) is 1.51. The number of nitrogens with one attached hydrogen (secondary N) is 1. The molecule has 29 heavy (non-hydrogen) atoms. The maximum Gasteiger partial charge on any atom is 0.229 e. The third-order valence-electron chi connectivity index (χ3n) is 7.22. The van der Waals surface area contributed by atoms with Crippen molar-refractivity contribution in [3.63, 3.8) is 0 Å². The smallest absolute Gasteiger partial charge is 0.229 e. The number of carbonyl (C=O) groups excluding carboxylic acids is 2. The SMILES string of the molecule is COc1cccc2c1CC(NCCCCN1C(=O)CC3(CCCC3)CC1=O)CC2. The monoisotopic (exact) mass is 398 g/mol. The van der Waals surface area contributed by atoms with Crippen LogP contribution in [0.5, 0.6) is 5.75 Å². The predicted octanol–water partition coefficient (Wildman–Crippen LogP) is 3.63. The van der Waals surface area contributed by atoms with Crippen LogP contribution in [-0.4, -0.2) is 43.0 Å². The first-order valence-electron chi connectivity index (χ1n) is 11.3. The molecule has 0 aromatic heterocycles. The van der Waals surface area contributed by atoms with Crippen LogP contribution in [0.25, 0.3) is 0 Å². The quantitative estimate of drug-likeness (QED) is 0.563. The minimum Gasteiger partial charge on any atom is -0.496 e. The third kappa shape index (κ3) is 4.50. The maximum absolute atomic E-state index is 12.5. The lowest BCUT2D eigenvalue weighted by Crippen LogP contribution is -2.47. The summed E-state index contributed by atoms with van der Waals surface area (Å²) < 4.78 is 5.53. The van der Waals surface area contributed by atoms with E-state index in [-0.39, 0.29) is 17.2 Å². The molecule has 1 aromatic carbocycles. The second-order valence-electron chi connectivity index (χ2n) is 9.20. The maximum atomic E-state index is 12.5. The average molecular weight is 399 g/mol. The van der Waals surface area contributed by atoms with Crippen LogP contribution in [0.3, 0.4) is 0 Å². The number of benzene rings is 1. The molecule has 1 N–H and O–H groups in total. The standard InChI is InChI=1S/C24H34N2O3/c1-29-21-8-6-7-18-9-10-19(15-20(18)21)25-13-4-5-14-26-22(27)16-24(17-23(26)28)11-2-3-12-24/h6-8,19,25H,2-5,9-17H2,1H3. The molecular formula is C24H34N2O3. The molecule has 0 bridgehead atoms. The number of methoxy groups -OCH3 is 1. The second kappa shape index (κ2) is 8.86. The molecule has 1 aromatic rings. The molecule has 1 saturated carbocycles. The van der Waals surface area contributed by atoms with Crippen LogP contribution < -0.4 is 10.1 Å². The van der Waals surface area contributed by atoms with Gasteiger partial charge in [0.15, 0.2) is 0 Å². The summed E-state index contributed by atoms with van der Waals surface area (Å²) in [6, 6.07) is 6.79. The number of unbranched alkanes of at least 4 members (excludes halogenated alkanes) is 1. The van der Waals surface area contributed by atoms with Gasteiger partial charge in [-0.1, -0.05) is 25.0 Å². The van der Waals surface area contributed by atoms with Crippen molar-refractivity contribution in [3.8, 4) is 5.75 Å². The lowest BCUT2D eigenvalue weighted by molar-refractivity contribution is -0.153. The van der Waals surface area contributed by atoms with Gasteiger partial charge in [-0.3, -0.25) is 14.5 Å². The molecule has 2 amide bonds. The topological polar surface area (TPSA) is 58.6 Å². The fraction of sp³-hybridized carbons (Fsp3) is 0.667. The molecule has 2 aliphatic carbocycles. The van der Waals surface area contributed by atoms with Crippen molar-refractivity contribution in [2.45, 2.75) is 76.7 Å². The van der Waals surface area contributed by atoms with Gasteiger partial charge in [0.1, 0.15) is 5.75 Å². The third-order valence-corrected chi connectivity index (χ3v) is 7.22. The predicted molar refractivity (Wildman–Crippen MR) is 113 cm³/mol. The second-order valence-corrected chi connectivity index (χ2v) is 9.20. The molecule has 1 spiro atoms. The molecule has 1 atom stereocenters. The number of hydrogen-bond donors (Lipinski definition) is 1. The van der Waals surface area contributed by atoms with Gasteiger partial charge >= 0.3 is 0 Å². The normalized spacial score (nSPS) is 23.5. The minimum atomic E-state index is 0.00452. The van der Waals surface area contributed by atoms with Crippen molar-refractivity contribution in [3.05, 3.63) is 29.3 Å². The zero-order valence-electron chi connectivity index (χ0n) is 17.7. The van der Waals surface area contributed by atoms with E-state index >= 15 is 0 Å². The summed E-state index contributed by atoms with van der Waals surface area (Å²) in [5.74, 6) is 1.12. The number of hydrogen-bond acceptors (Lipinski definition) is 4. The van der Waals surface area contributed by atoms with E-state index in [9.17, 15) is 9.59 Å². The number of aryl methyl sites for hydroxylation is 1. The number of rotatable bonds is 7. The van der Waals surface area contributed by atoms with E-state index in [1.165, 1.54) is 28.9 Å². The van der Waals surface area contributed by atoms with Crippen LogP contribution in [-0.2, 0) is 22.4 Å². The van der Waals surface area contributed by atoms with E-state index in [4.69, 9.17) is 4.74 Å². The Kier molecular flexibility index (Phi) is 6.23. The fourth-order valence-corrected chi connectivity index (χ4v) is 5.58. The first-order valence-corrected chi connectivity index (χ1v) is 11.3. The van der Waals surface area contributed by atoms with E-state index in [0.29, 0.717) is 25.4 Å². The minimum absolute atomic E-state index is 0.00452. The van der Waals surface area contributed by atoms with E-state index in [0.717, 1.165) is 57.2 Å². The Morgan fingerprint density at radius 3 is 2.62 bits per heavy atom. The molecule has 4 rings (SSSR count). The number of ether oxygens (including phenoxy) is 1. The van der Waals surface area contributed by atoms with Crippen LogP contribution in [0.15, 0.2) is 18.2 Å². The summed E-state index contributed by atoms with van der Waals surface area (Å²) in [7, 11) is 1.74. The zero-order valence-corrected chi connectivity index (χ0v) is 17.7. The van der Waals surface area contributed by atoms with Gasteiger partial charge < -0.3 is 10.1 Å². The molecule has 1 heterocycles. The first kappa shape index (κ1) is 20.4. The van der Waals surface area contributed by atoms with Crippen LogP contribution >= 0.6 is 0 Å². The van der Waals surface area contributed by atoms with Crippen molar-refractivity contribution in [1.82, 2.24) is 10.2 Å². The Hall–Kier alpha value is -1.88. The lowest BCUT2D eigenvalue weighted by Gasteiger charge is -2.37. The zero-order chi connectivity index (χ0) is 20.3. The molecule has 1 aliphatic heterocycles. The van der Waals surface area contributed by atoms with Gasteiger partial charge in [-0.2, -0.15) is 0 Å². The Bertz CT molecular complexity index is 720. The molecular weight excluding hydrogens is 364 g/mol. The Morgan fingerprint density at radius 2 is 1.90 bits per heavy atom. The van der Waals surface area contributed by atoms with Gasteiger partial charge in [-0.05, 0) is 74.1 Å². The highest BCUT2D eigenvalue weighted by Gasteiger charge is 2.44. The molecule has 1 saturated heterocycles. The summed E-state index contributed by atoms with van der Waals surface area (Å²) in [4.78, 5) is 26.6. The highest BCUT2D eigenvalue weighted by molar-refractivity contribution is 5.98. The number of amides is 2. The molecule has 2 fully saturated rings.